The average Bonchev–Trinajstić information content (AvgIpc) is 3.09. The molecule has 2 heterocycles. The lowest BCUT2D eigenvalue weighted by molar-refractivity contribution is -0.171. The van der Waals surface area contributed by atoms with Crippen LogP contribution in [-0.2, 0) is 19.6 Å². The van der Waals surface area contributed by atoms with Crippen molar-refractivity contribution in [2.75, 3.05) is 30.3 Å². The number of nitrogens with one attached hydrogen (secondary N) is 1. The number of sulfonamides is 1. The number of nitrogens with zero attached hydrogens (tertiary/aromatic N) is 2. The molecule has 0 saturated carbocycles. The van der Waals surface area contributed by atoms with Crippen LogP contribution in [0.5, 0.6) is 0 Å². The quantitative estimate of drug-likeness (QED) is 0.322. The van der Waals surface area contributed by atoms with E-state index >= 15 is 0 Å². The molecule has 7 nitrogen and oxygen atoms in total. The molecule has 1 atom stereocenters. The Labute approximate surface area is 216 Å². The second-order valence-corrected chi connectivity index (χ2v) is 12.3. The van der Waals surface area contributed by atoms with Gasteiger partial charge in [-0.15, -0.1) is 0 Å². The van der Waals surface area contributed by atoms with E-state index in [-0.39, 0.29) is 9.23 Å². The summed E-state index contributed by atoms with van der Waals surface area (Å²) in [6.07, 6.45) is 3.49. The molecule has 1 N–H and O–H groups in total. The van der Waals surface area contributed by atoms with Crippen molar-refractivity contribution >= 4 is 61.9 Å². The van der Waals surface area contributed by atoms with Crippen LogP contribution in [0.1, 0.15) is 31.2 Å². The van der Waals surface area contributed by atoms with Crippen molar-refractivity contribution in [1.82, 2.24) is 9.62 Å². The number of amides is 2. The Kier molecular flexibility index (Phi) is 7.81. The molecule has 2 saturated heterocycles. The predicted molar refractivity (Wildman–Crippen MR) is 137 cm³/mol. The van der Waals surface area contributed by atoms with Crippen molar-refractivity contribution in [2.45, 2.75) is 31.9 Å². The Morgan fingerprint density at radius 2 is 1.94 bits per heavy atom. The van der Waals surface area contributed by atoms with Gasteiger partial charge in [0.1, 0.15) is 4.32 Å². The SMILES string of the molecule is O=C1C(=Cc2ccc(N3CC[C@@H]4CCCC=C4C3)cc2)SC(=S)N1CCS(=O)(=O)NC(=O)C(F)(F)F. The van der Waals surface area contributed by atoms with Gasteiger partial charge < -0.3 is 4.90 Å². The van der Waals surface area contributed by atoms with E-state index in [1.54, 1.807) is 6.08 Å². The van der Waals surface area contributed by atoms with E-state index in [0.29, 0.717) is 5.92 Å². The molecule has 2 amide bonds. The number of halogens is 3. The number of anilines is 1. The molecule has 194 valence electrons. The van der Waals surface area contributed by atoms with Crippen molar-refractivity contribution in [3.63, 3.8) is 0 Å². The van der Waals surface area contributed by atoms with Gasteiger partial charge in [-0.3, -0.25) is 14.5 Å². The number of carbonyl (C=O) groups is 2. The molecule has 1 aromatic carbocycles. The largest absolute Gasteiger partial charge is 0.472 e. The van der Waals surface area contributed by atoms with Gasteiger partial charge in [0.05, 0.1) is 10.7 Å². The van der Waals surface area contributed by atoms with Gasteiger partial charge in [0, 0.05) is 25.3 Å². The number of alkyl halides is 3. The van der Waals surface area contributed by atoms with Gasteiger partial charge in [-0.05, 0) is 55.4 Å². The molecule has 0 spiro atoms. The summed E-state index contributed by atoms with van der Waals surface area (Å²) in [6, 6.07) is 7.76. The summed E-state index contributed by atoms with van der Waals surface area (Å²) in [4.78, 5) is 27.3. The lowest BCUT2D eigenvalue weighted by Crippen LogP contribution is -2.44. The fraction of sp³-hybridized carbons (Fsp3) is 0.435. The number of benzene rings is 1. The zero-order valence-electron chi connectivity index (χ0n) is 19.1. The minimum atomic E-state index is -5.34. The van der Waals surface area contributed by atoms with E-state index in [9.17, 15) is 31.2 Å². The molecule has 1 aliphatic carbocycles. The highest BCUT2D eigenvalue weighted by molar-refractivity contribution is 8.26. The van der Waals surface area contributed by atoms with Crippen LogP contribution in [0.4, 0.5) is 18.9 Å². The number of allylic oxidation sites excluding steroid dienone is 1. The minimum absolute atomic E-state index is 0.0869. The highest BCUT2D eigenvalue weighted by Crippen LogP contribution is 2.35. The number of rotatable bonds is 6. The summed E-state index contributed by atoms with van der Waals surface area (Å²) in [5.41, 5.74) is 3.37. The average molecular weight is 560 g/mol. The third-order valence-electron chi connectivity index (χ3n) is 6.33. The van der Waals surface area contributed by atoms with E-state index in [4.69, 9.17) is 12.2 Å². The van der Waals surface area contributed by atoms with Gasteiger partial charge in [0.15, 0.2) is 0 Å². The third-order valence-corrected chi connectivity index (χ3v) is 8.92. The summed E-state index contributed by atoms with van der Waals surface area (Å²) >= 11 is 6.13. The Morgan fingerprint density at radius 1 is 1.22 bits per heavy atom. The van der Waals surface area contributed by atoms with Crippen LogP contribution in [0.2, 0.25) is 0 Å². The maximum atomic E-state index is 12.7. The van der Waals surface area contributed by atoms with E-state index in [2.05, 4.69) is 11.0 Å². The van der Waals surface area contributed by atoms with Crippen LogP contribution >= 0.6 is 24.0 Å². The summed E-state index contributed by atoms with van der Waals surface area (Å²) < 4.78 is 61.7. The highest BCUT2D eigenvalue weighted by Gasteiger charge is 2.41. The maximum Gasteiger partial charge on any atom is 0.472 e. The number of hydrogen-bond donors (Lipinski definition) is 1. The summed E-state index contributed by atoms with van der Waals surface area (Å²) in [7, 11) is -4.61. The lowest BCUT2D eigenvalue weighted by Gasteiger charge is -2.37. The standard InChI is InChI=1S/C23H24F3N3O4S3/c24-23(25,26)21(31)27-36(32,33)12-11-29-20(30)19(35-22(29)34)13-15-5-7-18(8-6-15)28-10-9-16-3-1-2-4-17(16)14-28/h4-8,13,16H,1-3,9-12,14H2,(H,27,31)/t16-/m0/s1. The van der Waals surface area contributed by atoms with Crippen molar-refractivity contribution in [2.24, 2.45) is 5.92 Å². The van der Waals surface area contributed by atoms with Crippen LogP contribution in [0.25, 0.3) is 6.08 Å². The van der Waals surface area contributed by atoms with Crippen molar-refractivity contribution in [1.29, 1.82) is 0 Å². The van der Waals surface area contributed by atoms with Crippen LogP contribution in [0.3, 0.4) is 0 Å². The van der Waals surface area contributed by atoms with Crippen molar-refractivity contribution < 1.29 is 31.2 Å². The molecule has 3 aliphatic rings. The zero-order valence-corrected chi connectivity index (χ0v) is 21.5. The Hall–Kier alpha value is -2.38. The molecule has 4 rings (SSSR count). The molecular formula is C23H24F3N3O4S3. The predicted octanol–water partition coefficient (Wildman–Crippen LogP) is 3.83. The summed E-state index contributed by atoms with van der Waals surface area (Å²) in [6.45, 7) is 1.44. The molecule has 36 heavy (non-hydrogen) atoms. The topological polar surface area (TPSA) is 86.8 Å². The van der Waals surface area contributed by atoms with Gasteiger partial charge in [0.2, 0.25) is 10.0 Å². The fourth-order valence-corrected chi connectivity index (χ4v) is 6.68. The minimum Gasteiger partial charge on any atom is -0.368 e. The van der Waals surface area contributed by atoms with Gasteiger partial charge in [-0.2, -0.15) is 13.2 Å². The molecule has 2 fully saturated rings. The Balaban J connectivity index is 1.37. The molecule has 2 aliphatic heterocycles. The van der Waals surface area contributed by atoms with E-state index in [0.717, 1.165) is 58.6 Å². The van der Waals surface area contributed by atoms with Crippen LogP contribution in [0, 0.1) is 5.92 Å². The normalized spacial score (nSPS) is 22.0. The van der Waals surface area contributed by atoms with E-state index < -0.39 is 40.3 Å². The molecule has 13 heteroatoms. The van der Waals surface area contributed by atoms with Gasteiger partial charge in [0.25, 0.3) is 5.91 Å². The van der Waals surface area contributed by atoms with Crippen LogP contribution in [-0.4, -0.2) is 61.0 Å². The third kappa shape index (κ3) is 6.30. The number of hydrogen-bond acceptors (Lipinski definition) is 7. The van der Waals surface area contributed by atoms with Gasteiger partial charge in [-0.25, -0.2) is 13.1 Å². The number of thioether (sulfide) groups is 1. The molecular weight excluding hydrogens is 535 g/mol. The maximum absolute atomic E-state index is 12.7. The summed E-state index contributed by atoms with van der Waals surface area (Å²) in [5.74, 6) is -3.34. The second-order valence-electron chi connectivity index (χ2n) is 8.79. The second kappa shape index (κ2) is 10.5. The monoisotopic (exact) mass is 559 g/mol. The number of fused-ring (bicyclic) bond motifs is 1. The van der Waals surface area contributed by atoms with Crippen molar-refractivity contribution in [3.8, 4) is 0 Å². The number of thiocarbonyl (C=S) groups is 1. The van der Waals surface area contributed by atoms with E-state index in [1.807, 2.05) is 24.3 Å². The van der Waals surface area contributed by atoms with Crippen LogP contribution in [0.15, 0.2) is 40.8 Å². The highest BCUT2D eigenvalue weighted by atomic mass is 32.2. The zero-order chi connectivity index (χ0) is 26.1. The first-order chi connectivity index (χ1) is 16.9. The van der Waals surface area contributed by atoms with Crippen molar-refractivity contribution in [3.05, 3.63) is 46.4 Å². The van der Waals surface area contributed by atoms with Crippen LogP contribution < -0.4 is 9.62 Å². The Bertz CT molecular complexity index is 1230. The molecule has 0 aromatic heterocycles. The first-order valence-electron chi connectivity index (χ1n) is 11.3. The smallest absolute Gasteiger partial charge is 0.368 e. The molecule has 0 radical (unpaired) electrons. The Morgan fingerprint density at radius 3 is 2.64 bits per heavy atom. The molecule has 0 bridgehead atoms. The number of piperidine rings is 1. The molecule has 1 aromatic rings. The number of carbonyl (C=O) groups excluding carboxylic acids is 2. The van der Waals surface area contributed by atoms with Gasteiger partial charge >= 0.3 is 12.1 Å². The summed E-state index contributed by atoms with van der Waals surface area (Å²) in [5, 5.41) is 0. The first kappa shape index (κ1) is 26.7. The van der Waals surface area contributed by atoms with Gasteiger partial charge in [-0.1, -0.05) is 47.8 Å². The first-order valence-corrected chi connectivity index (χ1v) is 14.2. The fourth-order valence-electron chi connectivity index (χ4n) is 4.45. The van der Waals surface area contributed by atoms with E-state index in [1.165, 1.54) is 18.4 Å². The molecule has 0 unspecified atom stereocenters. The lowest BCUT2D eigenvalue weighted by atomic mass is 9.82.